The van der Waals surface area contributed by atoms with Crippen LogP contribution >= 0.6 is 0 Å². The van der Waals surface area contributed by atoms with Crippen molar-refractivity contribution in [2.45, 2.75) is 83.5 Å². The Hall–Kier alpha value is -1.68. The second-order valence-electron chi connectivity index (χ2n) is 9.74. The number of epoxide rings is 1. The largest absolute Gasteiger partial charge is 0.404 e. The molecule has 1 aliphatic rings. The van der Waals surface area contributed by atoms with Crippen LogP contribution in [0.1, 0.15) is 66.2 Å². The monoisotopic (exact) mass is 436 g/mol. The Bertz CT molecular complexity index is 755. The fraction of sp³-hybridized carbons (Fsp3) is 0.500. The molecule has 3 rings (SSSR count). The summed E-state index contributed by atoms with van der Waals surface area (Å²) >= 11 is 0. The average molecular weight is 437 g/mol. The smallest absolute Gasteiger partial charge is 0.261 e. The second-order valence-corrected chi connectivity index (χ2v) is 14.1. The zero-order valence-corrected chi connectivity index (χ0v) is 20.8. The molecule has 2 aromatic rings. The van der Waals surface area contributed by atoms with Gasteiger partial charge in [-0.05, 0) is 21.8 Å². The molecule has 0 aromatic heterocycles. The van der Waals surface area contributed by atoms with Gasteiger partial charge < -0.3 is 9.16 Å². The molecule has 3 heteroatoms. The van der Waals surface area contributed by atoms with Crippen LogP contribution in [0.25, 0.3) is 0 Å². The molecule has 0 radical (unpaired) electrons. The third-order valence-corrected chi connectivity index (χ3v) is 11.4. The molecule has 1 heterocycles. The predicted octanol–water partition coefficient (Wildman–Crippen LogP) is 6.25. The Morgan fingerprint density at radius 2 is 1.45 bits per heavy atom. The molecule has 2 nitrogen and oxygen atoms in total. The van der Waals surface area contributed by atoms with E-state index in [-0.39, 0.29) is 11.1 Å². The molecule has 0 bridgehead atoms. The van der Waals surface area contributed by atoms with Crippen molar-refractivity contribution < 1.29 is 9.16 Å². The molecule has 31 heavy (non-hydrogen) atoms. The third-order valence-electron chi connectivity index (χ3n) is 6.35. The van der Waals surface area contributed by atoms with E-state index >= 15 is 0 Å². The minimum Gasteiger partial charge on any atom is -0.404 e. The highest BCUT2D eigenvalue weighted by atomic mass is 28.4. The fourth-order valence-electron chi connectivity index (χ4n) is 4.63. The van der Waals surface area contributed by atoms with Crippen LogP contribution in [-0.4, -0.2) is 27.1 Å². The maximum atomic E-state index is 6.90. The molecule has 0 unspecified atom stereocenters. The zero-order chi connectivity index (χ0) is 22.2. The van der Waals surface area contributed by atoms with Crippen LogP contribution in [0.5, 0.6) is 0 Å². The van der Waals surface area contributed by atoms with E-state index in [0.29, 0.717) is 12.7 Å². The number of unbranched alkanes of at least 4 members (excludes halogenated alkanes) is 4. The summed E-state index contributed by atoms with van der Waals surface area (Å²) in [6.07, 6.45) is 12.9. The van der Waals surface area contributed by atoms with Gasteiger partial charge in [0.2, 0.25) is 0 Å². The Balaban J connectivity index is 1.65. The van der Waals surface area contributed by atoms with Crippen molar-refractivity contribution in [2.24, 2.45) is 0 Å². The number of benzene rings is 2. The van der Waals surface area contributed by atoms with Crippen molar-refractivity contribution in [1.82, 2.24) is 0 Å². The Morgan fingerprint density at radius 1 is 0.871 bits per heavy atom. The van der Waals surface area contributed by atoms with Crippen LogP contribution < -0.4 is 10.4 Å². The molecular weight excluding hydrogens is 396 g/mol. The van der Waals surface area contributed by atoms with E-state index in [2.05, 4.69) is 101 Å². The van der Waals surface area contributed by atoms with Gasteiger partial charge in [0.15, 0.2) is 0 Å². The summed E-state index contributed by atoms with van der Waals surface area (Å²) in [5.74, 6) is 0. The molecule has 2 atom stereocenters. The molecule has 2 aromatic carbocycles. The van der Waals surface area contributed by atoms with E-state index in [1.54, 1.807) is 0 Å². The highest BCUT2D eigenvalue weighted by molar-refractivity contribution is 6.99. The second kappa shape index (κ2) is 11.3. The van der Waals surface area contributed by atoms with Crippen LogP contribution in [-0.2, 0) is 9.16 Å². The number of hydrogen-bond acceptors (Lipinski definition) is 2. The van der Waals surface area contributed by atoms with Crippen molar-refractivity contribution in [1.29, 1.82) is 0 Å². The molecule has 168 valence electrons. The van der Waals surface area contributed by atoms with Gasteiger partial charge in [-0.25, -0.2) is 0 Å². The molecule has 0 amide bonds. The molecule has 1 saturated heterocycles. The molecule has 1 aliphatic heterocycles. The molecule has 0 saturated carbocycles. The topological polar surface area (TPSA) is 21.8 Å². The van der Waals surface area contributed by atoms with Crippen molar-refractivity contribution in [3.05, 3.63) is 72.8 Å². The summed E-state index contributed by atoms with van der Waals surface area (Å²) in [5, 5.41) is 2.67. The van der Waals surface area contributed by atoms with Crippen LogP contribution in [0.15, 0.2) is 72.8 Å². The lowest BCUT2D eigenvalue weighted by molar-refractivity contribution is 0.337. The van der Waals surface area contributed by atoms with Crippen molar-refractivity contribution >= 4 is 18.7 Å². The predicted molar refractivity (Wildman–Crippen MR) is 135 cm³/mol. The van der Waals surface area contributed by atoms with Gasteiger partial charge in [-0.1, -0.05) is 133 Å². The van der Waals surface area contributed by atoms with Crippen LogP contribution in [0.4, 0.5) is 0 Å². The van der Waals surface area contributed by atoms with Crippen LogP contribution in [0.2, 0.25) is 5.04 Å². The fourth-order valence-corrected chi connectivity index (χ4v) is 9.13. The normalized spacial score (nSPS) is 19.1. The first-order valence-electron chi connectivity index (χ1n) is 12.1. The molecular formula is C28H40O2Si. The van der Waals surface area contributed by atoms with Crippen LogP contribution in [0, 0.1) is 0 Å². The molecule has 1 fully saturated rings. The lowest BCUT2D eigenvalue weighted by atomic mass is 10.1. The van der Waals surface area contributed by atoms with E-state index in [1.165, 1.54) is 48.9 Å². The van der Waals surface area contributed by atoms with E-state index < -0.39 is 8.32 Å². The van der Waals surface area contributed by atoms with Crippen molar-refractivity contribution in [2.75, 3.05) is 6.61 Å². The first-order chi connectivity index (χ1) is 15.0. The summed E-state index contributed by atoms with van der Waals surface area (Å²) in [6, 6.07) is 21.7. The lowest BCUT2D eigenvalue weighted by Gasteiger charge is -2.42. The van der Waals surface area contributed by atoms with Crippen molar-refractivity contribution in [3.63, 3.8) is 0 Å². The zero-order valence-electron chi connectivity index (χ0n) is 19.8. The van der Waals surface area contributed by atoms with Gasteiger partial charge in [0, 0.05) is 0 Å². The van der Waals surface area contributed by atoms with Crippen LogP contribution in [0.3, 0.4) is 0 Å². The van der Waals surface area contributed by atoms with Gasteiger partial charge in [-0.15, -0.1) is 0 Å². The number of rotatable bonds is 12. The van der Waals surface area contributed by atoms with E-state index in [1.807, 2.05) is 0 Å². The van der Waals surface area contributed by atoms with E-state index in [9.17, 15) is 0 Å². The highest BCUT2D eigenvalue weighted by Gasteiger charge is 2.49. The quantitative estimate of drug-likeness (QED) is 0.170. The van der Waals surface area contributed by atoms with Gasteiger partial charge in [-0.2, -0.15) is 0 Å². The SMILES string of the molecule is CCCCCCC[C@@H]1O[C@H]1/C=C/CO[Si](c1ccccc1)(c1ccccc1)C(C)(C)C. The van der Waals surface area contributed by atoms with Gasteiger partial charge >= 0.3 is 0 Å². The number of hydrogen-bond donors (Lipinski definition) is 0. The summed E-state index contributed by atoms with van der Waals surface area (Å²) < 4.78 is 12.8. The Labute approximate surface area is 190 Å². The highest BCUT2D eigenvalue weighted by Crippen LogP contribution is 2.36. The molecule has 0 N–H and O–H groups in total. The number of ether oxygens (including phenoxy) is 1. The van der Waals surface area contributed by atoms with Gasteiger partial charge in [0.25, 0.3) is 8.32 Å². The summed E-state index contributed by atoms with van der Waals surface area (Å²) in [6.45, 7) is 9.85. The summed E-state index contributed by atoms with van der Waals surface area (Å²) in [5.41, 5.74) is 0. The summed E-state index contributed by atoms with van der Waals surface area (Å²) in [4.78, 5) is 0. The van der Waals surface area contributed by atoms with Gasteiger partial charge in [0.05, 0.1) is 12.7 Å². The first-order valence-corrected chi connectivity index (χ1v) is 14.0. The lowest BCUT2D eigenvalue weighted by Crippen LogP contribution is -2.66. The minimum atomic E-state index is -2.44. The molecule has 0 aliphatic carbocycles. The van der Waals surface area contributed by atoms with E-state index in [4.69, 9.17) is 9.16 Å². The Kier molecular flexibility index (Phi) is 8.71. The third kappa shape index (κ3) is 6.18. The van der Waals surface area contributed by atoms with E-state index in [0.717, 1.165) is 0 Å². The standard InChI is InChI=1S/C28H40O2Si/c1-5-6-7-8-15-21-26-27(30-26)22-16-23-29-31(28(2,3)4,24-17-11-9-12-18-24)25-19-13-10-14-20-25/h9-14,16-20,22,26-27H,5-8,15,21,23H2,1-4H3/b22-16+/t26-,27-/m0/s1. The summed E-state index contributed by atoms with van der Waals surface area (Å²) in [7, 11) is -2.44. The van der Waals surface area contributed by atoms with Gasteiger partial charge in [0.1, 0.15) is 6.10 Å². The Morgan fingerprint density at radius 3 is 2.00 bits per heavy atom. The maximum Gasteiger partial charge on any atom is 0.261 e. The van der Waals surface area contributed by atoms with Crippen molar-refractivity contribution in [3.8, 4) is 0 Å². The van der Waals surface area contributed by atoms with Gasteiger partial charge in [-0.3, -0.25) is 0 Å². The first kappa shape index (κ1) is 24.0. The maximum absolute atomic E-state index is 6.90. The average Bonchev–Trinajstić information content (AvgIpc) is 3.52. The minimum absolute atomic E-state index is 0.0145. The molecule has 0 spiro atoms.